The summed E-state index contributed by atoms with van der Waals surface area (Å²) in [6, 6.07) is 8.94. The summed E-state index contributed by atoms with van der Waals surface area (Å²) in [5.41, 5.74) is 0.905. The van der Waals surface area contributed by atoms with E-state index in [0.717, 1.165) is 12.0 Å². The van der Waals surface area contributed by atoms with E-state index in [1.165, 1.54) is 0 Å². The summed E-state index contributed by atoms with van der Waals surface area (Å²) in [6.45, 7) is 0.193. The Bertz CT molecular complexity index is 409. The molecule has 19 heavy (non-hydrogen) atoms. The maximum atomic E-state index is 11.6. The van der Waals surface area contributed by atoms with Crippen molar-refractivity contribution in [2.24, 2.45) is 0 Å². The molecule has 1 aromatic carbocycles. The molecule has 3 atom stereocenters. The zero-order chi connectivity index (χ0) is 13.7. The van der Waals surface area contributed by atoms with Crippen molar-refractivity contribution in [1.29, 1.82) is 0 Å². The van der Waals surface area contributed by atoms with Gasteiger partial charge in [0.15, 0.2) is 0 Å². The number of benzene rings is 1. The van der Waals surface area contributed by atoms with Gasteiger partial charge in [0.1, 0.15) is 12.7 Å². The minimum absolute atomic E-state index is 0.193. The highest BCUT2D eigenvalue weighted by Crippen LogP contribution is 2.19. The fraction of sp³-hybridized carbons (Fsp3) is 0.500. The van der Waals surface area contributed by atoms with E-state index in [1.54, 1.807) is 0 Å². The van der Waals surface area contributed by atoms with Crippen molar-refractivity contribution < 1.29 is 19.7 Å². The van der Waals surface area contributed by atoms with Crippen LogP contribution in [0.3, 0.4) is 0 Å². The van der Waals surface area contributed by atoms with Gasteiger partial charge in [0.2, 0.25) is 0 Å². The topological polar surface area (TPSA) is 78.8 Å². The van der Waals surface area contributed by atoms with Crippen molar-refractivity contribution in [3.63, 3.8) is 0 Å². The molecule has 0 aliphatic heterocycles. The fourth-order valence-electron chi connectivity index (χ4n) is 2.23. The Labute approximate surface area is 112 Å². The summed E-state index contributed by atoms with van der Waals surface area (Å²) >= 11 is 0. The largest absolute Gasteiger partial charge is 0.445 e. The van der Waals surface area contributed by atoms with Crippen LogP contribution in [0.25, 0.3) is 0 Å². The van der Waals surface area contributed by atoms with Crippen molar-refractivity contribution in [1.82, 2.24) is 5.32 Å². The first-order chi connectivity index (χ1) is 9.16. The van der Waals surface area contributed by atoms with Crippen molar-refractivity contribution in [3.8, 4) is 0 Å². The highest BCUT2D eigenvalue weighted by molar-refractivity contribution is 5.67. The highest BCUT2D eigenvalue weighted by atomic mass is 16.5. The summed E-state index contributed by atoms with van der Waals surface area (Å²) in [5, 5.41) is 21.9. The van der Waals surface area contributed by atoms with E-state index < -0.39 is 24.3 Å². The van der Waals surface area contributed by atoms with E-state index in [-0.39, 0.29) is 6.61 Å². The number of ether oxygens (including phenoxy) is 1. The van der Waals surface area contributed by atoms with Crippen LogP contribution in [0.5, 0.6) is 0 Å². The van der Waals surface area contributed by atoms with Crippen LogP contribution in [0, 0.1) is 0 Å². The summed E-state index contributed by atoms with van der Waals surface area (Å²) in [5.74, 6) is 0. The number of carbonyl (C=O) groups excluding carboxylic acids is 1. The van der Waals surface area contributed by atoms with Gasteiger partial charge in [-0.15, -0.1) is 0 Å². The highest BCUT2D eigenvalue weighted by Gasteiger charge is 2.31. The number of hydrogen-bond donors (Lipinski definition) is 3. The van der Waals surface area contributed by atoms with Crippen LogP contribution < -0.4 is 5.32 Å². The third-order valence-corrected chi connectivity index (χ3v) is 3.34. The smallest absolute Gasteiger partial charge is 0.407 e. The maximum absolute atomic E-state index is 11.6. The first-order valence-corrected chi connectivity index (χ1v) is 6.50. The third-order valence-electron chi connectivity index (χ3n) is 3.34. The van der Waals surface area contributed by atoms with Gasteiger partial charge in [-0.25, -0.2) is 4.79 Å². The summed E-state index contributed by atoms with van der Waals surface area (Å²) < 4.78 is 5.07. The van der Waals surface area contributed by atoms with Gasteiger partial charge in [-0.05, 0) is 24.8 Å². The first-order valence-electron chi connectivity index (χ1n) is 6.50. The van der Waals surface area contributed by atoms with E-state index in [2.05, 4.69) is 5.32 Å². The molecular weight excluding hydrogens is 246 g/mol. The van der Waals surface area contributed by atoms with Crippen LogP contribution in [-0.2, 0) is 11.3 Å². The van der Waals surface area contributed by atoms with Gasteiger partial charge in [-0.3, -0.25) is 0 Å². The Balaban J connectivity index is 1.78. The predicted octanol–water partition coefficient (Wildman–Crippen LogP) is 1.19. The van der Waals surface area contributed by atoms with Crippen LogP contribution in [-0.4, -0.2) is 34.6 Å². The quantitative estimate of drug-likeness (QED) is 0.767. The van der Waals surface area contributed by atoms with Crippen molar-refractivity contribution in [2.75, 3.05) is 0 Å². The van der Waals surface area contributed by atoms with Crippen LogP contribution in [0.2, 0.25) is 0 Å². The number of amides is 1. The summed E-state index contributed by atoms with van der Waals surface area (Å²) in [6.07, 6.45) is -0.257. The van der Waals surface area contributed by atoms with Gasteiger partial charge in [0.05, 0.1) is 12.1 Å². The molecule has 0 radical (unpaired) electrons. The first kappa shape index (κ1) is 13.8. The van der Waals surface area contributed by atoms with Crippen molar-refractivity contribution in [3.05, 3.63) is 35.9 Å². The zero-order valence-electron chi connectivity index (χ0n) is 10.7. The molecule has 5 heteroatoms. The molecule has 0 heterocycles. The Hall–Kier alpha value is -1.59. The molecule has 1 aliphatic carbocycles. The molecule has 2 rings (SSSR count). The lowest BCUT2D eigenvalue weighted by Gasteiger charge is -2.31. The summed E-state index contributed by atoms with van der Waals surface area (Å²) in [4.78, 5) is 11.6. The molecule has 0 bridgehead atoms. The summed E-state index contributed by atoms with van der Waals surface area (Å²) in [7, 11) is 0. The molecule has 1 amide bonds. The number of nitrogens with one attached hydrogen (secondary N) is 1. The van der Waals surface area contributed by atoms with Crippen molar-refractivity contribution in [2.45, 2.75) is 44.1 Å². The van der Waals surface area contributed by atoms with Crippen LogP contribution in [0.1, 0.15) is 24.8 Å². The van der Waals surface area contributed by atoms with E-state index >= 15 is 0 Å². The monoisotopic (exact) mass is 265 g/mol. The van der Waals surface area contributed by atoms with E-state index in [4.69, 9.17) is 4.74 Å². The molecule has 0 spiro atoms. The molecule has 0 saturated heterocycles. The second-order valence-electron chi connectivity index (χ2n) is 4.80. The number of aliphatic hydroxyl groups excluding tert-OH is 2. The Morgan fingerprint density at radius 1 is 1.26 bits per heavy atom. The minimum atomic E-state index is -0.918. The zero-order valence-corrected chi connectivity index (χ0v) is 10.7. The molecule has 1 aliphatic rings. The van der Waals surface area contributed by atoms with E-state index in [9.17, 15) is 15.0 Å². The predicted molar refractivity (Wildman–Crippen MR) is 69.4 cm³/mol. The molecule has 104 valence electrons. The van der Waals surface area contributed by atoms with Gasteiger partial charge < -0.3 is 20.3 Å². The third kappa shape index (κ3) is 3.94. The van der Waals surface area contributed by atoms with Gasteiger partial charge in [-0.1, -0.05) is 30.3 Å². The molecule has 0 unspecified atom stereocenters. The lowest BCUT2D eigenvalue weighted by molar-refractivity contribution is -0.0291. The average molecular weight is 265 g/mol. The minimum Gasteiger partial charge on any atom is -0.445 e. The number of aliphatic hydroxyl groups is 2. The Morgan fingerprint density at radius 3 is 2.74 bits per heavy atom. The second-order valence-corrected chi connectivity index (χ2v) is 4.80. The van der Waals surface area contributed by atoms with Gasteiger partial charge in [-0.2, -0.15) is 0 Å². The molecule has 1 fully saturated rings. The second kappa shape index (κ2) is 6.54. The maximum Gasteiger partial charge on any atom is 0.407 e. The normalized spacial score (nSPS) is 26.7. The van der Waals surface area contributed by atoms with Crippen LogP contribution in [0.15, 0.2) is 30.3 Å². The standard InChI is InChI=1S/C14H19NO4/c16-12-8-4-7-11(13(12)17)15-14(18)19-9-10-5-2-1-3-6-10/h1-3,5-6,11-13,16-17H,4,7-9H2,(H,15,18)/t11-,12-,13+/m1/s1. The molecule has 3 N–H and O–H groups in total. The molecular formula is C14H19NO4. The van der Waals surface area contributed by atoms with E-state index in [0.29, 0.717) is 12.8 Å². The van der Waals surface area contributed by atoms with Crippen LogP contribution in [0.4, 0.5) is 4.79 Å². The lowest BCUT2D eigenvalue weighted by Crippen LogP contribution is -2.51. The number of hydrogen-bond acceptors (Lipinski definition) is 4. The van der Waals surface area contributed by atoms with Gasteiger partial charge in [0.25, 0.3) is 0 Å². The van der Waals surface area contributed by atoms with Crippen molar-refractivity contribution >= 4 is 6.09 Å². The fourth-order valence-corrected chi connectivity index (χ4v) is 2.23. The van der Waals surface area contributed by atoms with Gasteiger partial charge in [0, 0.05) is 0 Å². The molecule has 5 nitrogen and oxygen atoms in total. The SMILES string of the molecule is O=C(N[C@@H]1CCC[C@@H](O)[C@H]1O)OCc1ccccc1. The van der Waals surface area contributed by atoms with Gasteiger partial charge >= 0.3 is 6.09 Å². The molecule has 1 aromatic rings. The number of alkyl carbamates (subject to hydrolysis) is 1. The molecule has 0 aromatic heterocycles. The molecule has 1 saturated carbocycles. The average Bonchev–Trinajstić information content (AvgIpc) is 2.43. The van der Waals surface area contributed by atoms with E-state index in [1.807, 2.05) is 30.3 Å². The number of rotatable bonds is 3. The Morgan fingerprint density at radius 2 is 2.00 bits per heavy atom. The lowest BCUT2D eigenvalue weighted by atomic mass is 9.90. The Kier molecular flexibility index (Phi) is 4.76. The van der Waals surface area contributed by atoms with Crippen LogP contribution >= 0.6 is 0 Å². The number of carbonyl (C=O) groups is 1.